The van der Waals surface area contributed by atoms with Gasteiger partial charge in [0, 0.05) is 10.9 Å². The molecule has 0 N–H and O–H groups in total. The number of aryl methyl sites for hydroxylation is 1. The molecular weight excluding hydrogens is 264 g/mol. The summed E-state index contributed by atoms with van der Waals surface area (Å²) in [5.41, 5.74) is 3.75. The van der Waals surface area contributed by atoms with Crippen LogP contribution < -0.4 is 4.74 Å². The highest BCUT2D eigenvalue weighted by molar-refractivity contribution is 5.88. The monoisotopic (exact) mass is 280 g/mol. The maximum Gasteiger partial charge on any atom is 0.150 e. The number of rotatable bonds is 4. The van der Waals surface area contributed by atoms with E-state index in [1.807, 2.05) is 54.1 Å². The minimum absolute atomic E-state index is 0.663. The lowest BCUT2D eigenvalue weighted by Gasteiger charge is -2.05. The molecule has 0 unspecified atom stereocenters. The summed E-state index contributed by atoms with van der Waals surface area (Å²) < 4.78 is 7.09. The molecule has 4 heteroatoms. The maximum absolute atomic E-state index is 11.0. The normalized spacial score (nSPS) is 10.8. The number of aromatic nitrogens is 2. The fourth-order valence-corrected chi connectivity index (χ4v) is 2.45. The molecule has 0 bridgehead atoms. The number of methoxy groups -OCH3 is 1. The zero-order chi connectivity index (χ0) is 14.8. The summed E-state index contributed by atoms with van der Waals surface area (Å²) >= 11 is 0. The fourth-order valence-electron chi connectivity index (χ4n) is 2.45. The van der Waals surface area contributed by atoms with Gasteiger partial charge in [0.15, 0.2) is 0 Å². The summed E-state index contributed by atoms with van der Waals surface area (Å²) in [6.45, 7) is 2.64. The third-order valence-electron chi connectivity index (χ3n) is 3.59. The molecule has 0 atom stereocenters. The van der Waals surface area contributed by atoms with E-state index in [4.69, 9.17) is 4.74 Å². The van der Waals surface area contributed by atoms with Crippen molar-refractivity contribution in [2.24, 2.45) is 0 Å². The van der Waals surface area contributed by atoms with Crippen molar-refractivity contribution in [3.8, 4) is 5.75 Å². The van der Waals surface area contributed by atoms with Crippen molar-refractivity contribution in [3.05, 3.63) is 59.3 Å². The van der Waals surface area contributed by atoms with Gasteiger partial charge in [0.05, 0.1) is 24.9 Å². The van der Waals surface area contributed by atoms with Crippen molar-refractivity contribution in [2.45, 2.75) is 13.5 Å². The molecule has 106 valence electrons. The lowest BCUT2D eigenvalue weighted by atomic mass is 10.1. The van der Waals surface area contributed by atoms with E-state index < -0.39 is 0 Å². The number of ether oxygens (including phenoxy) is 1. The standard InChI is InChI=1S/C17H16N2O2/c1-12-16-8-5-14(11-20)9-17(16)19(18-12)10-13-3-6-15(21-2)7-4-13/h3-9,11H,10H2,1-2H3. The number of benzene rings is 2. The topological polar surface area (TPSA) is 44.1 Å². The van der Waals surface area contributed by atoms with Crippen LogP contribution in [0.25, 0.3) is 10.9 Å². The molecule has 2 aromatic carbocycles. The second-order valence-corrected chi connectivity index (χ2v) is 4.99. The van der Waals surface area contributed by atoms with E-state index in [0.29, 0.717) is 12.1 Å². The van der Waals surface area contributed by atoms with Crippen LogP contribution >= 0.6 is 0 Å². The van der Waals surface area contributed by atoms with E-state index >= 15 is 0 Å². The minimum Gasteiger partial charge on any atom is -0.497 e. The summed E-state index contributed by atoms with van der Waals surface area (Å²) in [5.74, 6) is 0.837. The van der Waals surface area contributed by atoms with Gasteiger partial charge in [-0.2, -0.15) is 5.10 Å². The van der Waals surface area contributed by atoms with Gasteiger partial charge >= 0.3 is 0 Å². The van der Waals surface area contributed by atoms with Crippen LogP contribution in [0.3, 0.4) is 0 Å². The summed E-state index contributed by atoms with van der Waals surface area (Å²) in [7, 11) is 1.65. The third kappa shape index (κ3) is 2.52. The van der Waals surface area contributed by atoms with Gasteiger partial charge in [-0.15, -0.1) is 0 Å². The predicted octanol–water partition coefficient (Wildman–Crippen LogP) is 3.21. The molecule has 0 aliphatic heterocycles. The zero-order valence-electron chi connectivity index (χ0n) is 12.0. The number of aldehydes is 1. The van der Waals surface area contributed by atoms with E-state index in [1.165, 1.54) is 0 Å². The first-order chi connectivity index (χ1) is 10.2. The maximum atomic E-state index is 11.0. The molecule has 1 aromatic heterocycles. The lowest BCUT2D eigenvalue weighted by Crippen LogP contribution is -2.02. The van der Waals surface area contributed by atoms with Crippen LogP contribution in [-0.2, 0) is 6.54 Å². The minimum atomic E-state index is 0.663. The molecule has 1 heterocycles. The van der Waals surface area contributed by atoms with Crippen molar-refractivity contribution < 1.29 is 9.53 Å². The van der Waals surface area contributed by atoms with Crippen molar-refractivity contribution in [1.29, 1.82) is 0 Å². The average molecular weight is 280 g/mol. The molecule has 0 radical (unpaired) electrons. The molecular formula is C17H16N2O2. The van der Waals surface area contributed by atoms with E-state index in [9.17, 15) is 4.79 Å². The Labute approximate surface area is 123 Å². The van der Waals surface area contributed by atoms with E-state index in [1.54, 1.807) is 7.11 Å². The highest BCUT2D eigenvalue weighted by Crippen LogP contribution is 2.21. The third-order valence-corrected chi connectivity index (χ3v) is 3.59. The van der Waals surface area contributed by atoms with Gasteiger partial charge < -0.3 is 4.74 Å². The summed E-state index contributed by atoms with van der Waals surface area (Å²) in [6, 6.07) is 13.6. The van der Waals surface area contributed by atoms with Gasteiger partial charge in [-0.3, -0.25) is 9.48 Å². The van der Waals surface area contributed by atoms with Crippen LogP contribution in [0, 0.1) is 6.92 Å². The van der Waals surface area contributed by atoms with Gasteiger partial charge in [0.2, 0.25) is 0 Å². The molecule has 0 aliphatic rings. The number of hydrogen-bond acceptors (Lipinski definition) is 3. The van der Waals surface area contributed by atoms with Gasteiger partial charge in [-0.25, -0.2) is 0 Å². The first-order valence-corrected chi connectivity index (χ1v) is 6.76. The molecule has 3 rings (SSSR count). The van der Waals surface area contributed by atoms with E-state index in [0.717, 1.165) is 34.2 Å². The molecule has 0 spiro atoms. The smallest absolute Gasteiger partial charge is 0.150 e. The number of carbonyl (C=O) groups is 1. The van der Waals surface area contributed by atoms with Gasteiger partial charge in [-0.1, -0.05) is 24.3 Å². The highest BCUT2D eigenvalue weighted by atomic mass is 16.5. The van der Waals surface area contributed by atoms with Crippen LogP contribution in [0.1, 0.15) is 21.6 Å². The number of hydrogen-bond donors (Lipinski definition) is 0. The molecule has 0 fully saturated rings. The Bertz CT molecular complexity index is 788. The van der Waals surface area contributed by atoms with Crippen molar-refractivity contribution in [1.82, 2.24) is 9.78 Å². The van der Waals surface area contributed by atoms with Gasteiger partial charge in [0.25, 0.3) is 0 Å². The van der Waals surface area contributed by atoms with E-state index in [2.05, 4.69) is 5.10 Å². The Morgan fingerprint density at radius 3 is 2.62 bits per heavy atom. The van der Waals surface area contributed by atoms with Crippen LogP contribution in [0.5, 0.6) is 5.75 Å². The average Bonchev–Trinajstić information content (AvgIpc) is 2.83. The summed E-state index contributed by atoms with van der Waals surface area (Å²) in [5, 5.41) is 5.65. The van der Waals surface area contributed by atoms with E-state index in [-0.39, 0.29) is 0 Å². The fraction of sp³-hybridized carbons (Fsp3) is 0.176. The van der Waals surface area contributed by atoms with Crippen LogP contribution in [0.4, 0.5) is 0 Å². The molecule has 4 nitrogen and oxygen atoms in total. The number of carbonyl (C=O) groups excluding carboxylic acids is 1. The summed E-state index contributed by atoms with van der Waals surface area (Å²) in [4.78, 5) is 11.0. The predicted molar refractivity (Wildman–Crippen MR) is 82.0 cm³/mol. The largest absolute Gasteiger partial charge is 0.497 e. The number of nitrogens with zero attached hydrogens (tertiary/aromatic N) is 2. The highest BCUT2D eigenvalue weighted by Gasteiger charge is 2.08. The number of fused-ring (bicyclic) bond motifs is 1. The summed E-state index contributed by atoms with van der Waals surface area (Å²) in [6.07, 6.45) is 0.861. The Balaban J connectivity index is 2.00. The first-order valence-electron chi connectivity index (χ1n) is 6.76. The quantitative estimate of drug-likeness (QED) is 0.689. The Morgan fingerprint density at radius 1 is 1.19 bits per heavy atom. The molecule has 0 saturated heterocycles. The Morgan fingerprint density at radius 2 is 1.95 bits per heavy atom. The molecule has 0 saturated carbocycles. The van der Waals surface area contributed by atoms with Crippen LogP contribution in [0.15, 0.2) is 42.5 Å². The van der Waals surface area contributed by atoms with Gasteiger partial charge in [0.1, 0.15) is 12.0 Å². The Kier molecular flexibility index (Phi) is 3.44. The molecule has 21 heavy (non-hydrogen) atoms. The van der Waals surface area contributed by atoms with Crippen LogP contribution in [-0.4, -0.2) is 23.2 Å². The van der Waals surface area contributed by atoms with Crippen molar-refractivity contribution in [2.75, 3.05) is 7.11 Å². The SMILES string of the molecule is COc1ccc(Cn2nc(C)c3ccc(C=O)cc32)cc1. The van der Waals surface area contributed by atoms with Crippen molar-refractivity contribution in [3.63, 3.8) is 0 Å². The zero-order valence-corrected chi connectivity index (χ0v) is 12.0. The Hall–Kier alpha value is -2.62. The molecule has 0 aliphatic carbocycles. The molecule has 0 amide bonds. The second-order valence-electron chi connectivity index (χ2n) is 4.99. The van der Waals surface area contributed by atoms with Crippen LogP contribution in [0.2, 0.25) is 0 Å². The molecule has 3 aromatic rings. The lowest BCUT2D eigenvalue weighted by molar-refractivity contribution is 0.112. The first kappa shape index (κ1) is 13.4. The van der Waals surface area contributed by atoms with Gasteiger partial charge in [-0.05, 0) is 30.7 Å². The second kappa shape index (κ2) is 5.40. The van der Waals surface area contributed by atoms with Crippen molar-refractivity contribution >= 4 is 17.2 Å².